The van der Waals surface area contributed by atoms with Crippen LogP contribution in [-0.2, 0) is 22.7 Å². The normalized spacial score (nSPS) is 15.8. The Morgan fingerprint density at radius 2 is 1.92 bits per heavy atom. The van der Waals surface area contributed by atoms with Crippen LogP contribution in [0, 0.1) is 0 Å². The Morgan fingerprint density at radius 1 is 1.19 bits per heavy atom. The number of halogens is 4. The van der Waals surface area contributed by atoms with E-state index in [2.05, 4.69) is 25.6 Å². The Kier molecular flexibility index (Phi) is 7.55. The molecule has 0 radical (unpaired) electrons. The van der Waals surface area contributed by atoms with E-state index in [1.807, 2.05) is 6.07 Å². The molecular formula is C22H25ClF3N7O2S. The van der Waals surface area contributed by atoms with E-state index in [0.29, 0.717) is 43.2 Å². The Morgan fingerprint density at radius 3 is 2.56 bits per heavy atom. The summed E-state index contributed by atoms with van der Waals surface area (Å²) in [5, 5.41) is 6.51. The van der Waals surface area contributed by atoms with Crippen LogP contribution < -0.4 is 10.6 Å². The Bertz CT molecular complexity index is 1340. The largest absolute Gasteiger partial charge is 0.420 e. The molecule has 0 aliphatic carbocycles. The van der Waals surface area contributed by atoms with E-state index in [4.69, 9.17) is 11.6 Å². The van der Waals surface area contributed by atoms with E-state index in [1.165, 1.54) is 16.8 Å². The monoisotopic (exact) mass is 543 g/mol. The fourth-order valence-electron chi connectivity index (χ4n) is 4.04. The van der Waals surface area contributed by atoms with E-state index in [0.717, 1.165) is 18.0 Å². The number of imidazole rings is 1. The quantitative estimate of drug-likeness (QED) is 0.469. The van der Waals surface area contributed by atoms with Crippen LogP contribution in [0.1, 0.15) is 24.0 Å². The molecule has 9 nitrogen and oxygen atoms in total. The van der Waals surface area contributed by atoms with Gasteiger partial charge in [0.25, 0.3) is 0 Å². The molecule has 3 aromatic rings. The molecule has 0 saturated carbocycles. The lowest BCUT2D eigenvalue weighted by atomic mass is 10.1. The predicted octanol–water partition coefficient (Wildman–Crippen LogP) is 3.56. The number of alkyl halides is 3. The fraction of sp³-hybridized carbons (Fsp3) is 0.409. The third-order valence-corrected chi connectivity index (χ3v) is 7.62. The van der Waals surface area contributed by atoms with Gasteiger partial charge in [-0.05, 0) is 31.5 Å². The van der Waals surface area contributed by atoms with Gasteiger partial charge in [0.2, 0.25) is 16.0 Å². The van der Waals surface area contributed by atoms with Gasteiger partial charge < -0.3 is 15.2 Å². The standard InChI is InChI=1S/C22H25ClF3N7O2S/c1-27-10-14-4-3-5-18(19(14)23)32-12-17(29-13-32)20-16(22(24,25)26)11-28-21(31-20)30-15-6-8-33(9-7-15)36(2,34)35/h3-5,11-13,15,27H,6-10H2,1-2H3,(H,28,30,31). The van der Waals surface area contributed by atoms with Crippen molar-refractivity contribution >= 4 is 27.6 Å². The van der Waals surface area contributed by atoms with Gasteiger partial charge in [0.1, 0.15) is 23.3 Å². The molecule has 4 rings (SSSR count). The fourth-order valence-corrected chi connectivity index (χ4v) is 5.20. The van der Waals surface area contributed by atoms with Crippen LogP contribution in [0.2, 0.25) is 5.02 Å². The first kappa shape index (κ1) is 26.3. The van der Waals surface area contributed by atoms with Gasteiger partial charge in [-0.3, -0.25) is 0 Å². The summed E-state index contributed by atoms with van der Waals surface area (Å²) in [6.07, 6.45) is 0.964. The van der Waals surface area contributed by atoms with E-state index in [1.54, 1.807) is 23.7 Å². The highest BCUT2D eigenvalue weighted by atomic mass is 35.5. The van der Waals surface area contributed by atoms with Gasteiger partial charge >= 0.3 is 6.18 Å². The number of aromatic nitrogens is 4. The van der Waals surface area contributed by atoms with E-state index in [9.17, 15) is 21.6 Å². The first-order chi connectivity index (χ1) is 17.0. The first-order valence-electron chi connectivity index (χ1n) is 11.1. The Labute approximate surface area is 211 Å². The second-order valence-electron chi connectivity index (χ2n) is 8.48. The van der Waals surface area contributed by atoms with Crippen molar-refractivity contribution in [3.63, 3.8) is 0 Å². The number of anilines is 1. The SMILES string of the molecule is CNCc1cccc(-n2cnc(-c3nc(NC4CCN(S(C)(=O)=O)CC4)ncc3C(F)(F)F)c2)c1Cl. The van der Waals surface area contributed by atoms with Crippen molar-refractivity contribution in [2.24, 2.45) is 0 Å². The minimum atomic E-state index is -4.69. The Hall–Kier alpha value is -2.74. The van der Waals surface area contributed by atoms with Crippen LogP contribution in [0.4, 0.5) is 19.1 Å². The highest BCUT2D eigenvalue weighted by Crippen LogP contribution is 2.36. The molecular weight excluding hydrogens is 519 g/mol. The topological polar surface area (TPSA) is 105 Å². The van der Waals surface area contributed by atoms with E-state index in [-0.39, 0.29) is 23.4 Å². The van der Waals surface area contributed by atoms with Gasteiger partial charge in [-0.25, -0.2) is 27.7 Å². The van der Waals surface area contributed by atoms with Crippen LogP contribution in [0.15, 0.2) is 36.9 Å². The van der Waals surface area contributed by atoms with Gasteiger partial charge in [-0.15, -0.1) is 0 Å². The minimum absolute atomic E-state index is 0.00903. The molecule has 0 atom stereocenters. The molecule has 2 N–H and O–H groups in total. The maximum atomic E-state index is 13.8. The van der Waals surface area contributed by atoms with Crippen LogP contribution in [0.5, 0.6) is 0 Å². The minimum Gasteiger partial charge on any atom is -0.351 e. The number of rotatable bonds is 7. The summed E-state index contributed by atoms with van der Waals surface area (Å²) in [5.41, 5.74) is 0.0323. The van der Waals surface area contributed by atoms with Crippen LogP contribution in [0.25, 0.3) is 17.1 Å². The summed E-state index contributed by atoms with van der Waals surface area (Å²) in [5.74, 6) is 0.0133. The molecule has 3 heterocycles. The molecule has 36 heavy (non-hydrogen) atoms. The maximum Gasteiger partial charge on any atom is 0.420 e. The first-order valence-corrected chi connectivity index (χ1v) is 13.3. The Balaban J connectivity index is 1.63. The molecule has 194 valence electrons. The number of hydrogen-bond acceptors (Lipinski definition) is 7. The third-order valence-electron chi connectivity index (χ3n) is 5.88. The molecule has 1 aliphatic heterocycles. The molecule has 14 heteroatoms. The van der Waals surface area contributed by atoms with Crippen molar-refractivity contribution in [2.75, 3.05) is 31.7 Å². The molecule has 1 aliphatic rings. The lowest BCUT2D eigenvalue weighted by Crippen LogP contribution is -2.42. The number of nitrogens with one attached hydrogen (secondary N) is 2. The number of nitrogens with zero attached hydrogens (tertiary/aromatic N) is 5. The van der Waals surface area contributed by atoms with Crippen LogP contribution in [-0.4, -0.2) is 64.7 Å². The van der Waals surface area contributed by atoms with Crippen molar-refractivity contribution in [3.05, 3.63) is 53.1 Å². The van der Waals surface area contributed by atoms with Gasteiger partial charge in [-0.2, -0.15) is 13.2 Å². The smallest absolute Gasteiger partial charge is 0.351 e. The number of sulfonamides is 1. The van der Waals surface area contributed by atoms with Crippen molar-refractivity contribution in [3.8, 4) is 17.1 Å². The number of benzene rings is 1. The summed E-state index contributed by atoms with van der Waals surface area (Å²) in [6.45, 7) is 1.14. The van der Waals surface area contributed by atoms with Crippen LogP contribution >= 0.6 is 11.6 Å². The summed E-state index contributed by atoms with van der Waals surface area (Å²) in [4.78, 5) is 12.2. The van der Waals surface area contributed by atoms with Gasteiger partial charge in [-0.1, -0.05) is 23.7 Å². The van der Waals surface area contributed by atoms with Crippen molar-refractivity contribution < 1.29 is 21.6 Å². The second kappa shape index (κ2) is 10.3. The molecule has 0 amide bonds. The maximum absolute atomic E-state index is 13.8. The van der Waals surface area contributed by atoms with E-state index >= 15 is 0 Å². The molecule has 0 spiro atoms. The molecule has 0 bridgehead atoms. The predicted molar refractivity (Wildman–Crippen MR) is 130 cm³/mol. The summed E-state index contributed by atoms with van der Waals surface area (Å²) < 4.78 is 67.7. The molecule has 0 unspecified atom stereocenters. The average molecular weight is 544 g/mol. The third kappa shape index (κ3) is 5.80. The number of piperidine rings is 1. The van der Waals surface area contributed by atoms with E-state index < -0.39 is 21.8 Å². The van der Waals surface area contributed by atoms with Gasteiger partial charge in [0.15, 0.2) is 0 Å². The van der Waals surface area contributed by atoms with Crippen molar-refractivity contribution in [1.29, 1.82) is 0 Å². The molecule has 1 saturated heterocycles. The summed E-state index contributed by atoms with van der Waals surface area (Å²) >= 11 is 6.51. The van der Waals surface area contributed by atoms with Crippen molar-refractivity contribution in [1.82, 2.24) is 29.1 Å². The summed E-state index contributed by atoms with van der Waals surface area (Å²) in [7, 11) is -1.51. The lowest BCUT2D eigenvalue weighted by Gasteiger charge is -2.30. The average Bonchev–Trinajstić information content (AvgIpc) is 3.30. The van der Waals surface area contributed by atoms with Crippen LogP contribution in [0.3, 0.4) is 0 Å². The highest BCUT2D eigenvalue weighted by molar-refractivity contribution is 7.88. The molecule has 1 aromatic carbocycles. The van der Waals surface area contributed by atoms with Gasteiger partial charge in [0, 0.05) is 38.1 Å². The zero-order valence-electron chi connectivity index (χ0n) is 19.5. The highest BCUT2D eigenvalue weighted by Gasteiger charge is 2.36. The summed E-state index contributed by atoms with van der Waals surface area (Å²) in [6, 6.07) is 5.22. The second-order valence-corrected chi connectivity index (χ2v) is 10.8. The lowest BCUT2D eigenvalue weighted by molar-refractivity contribution is -0.137. The molecule has 2 aromatic heterocycles. The van der Waals surface area contributed by atoms with Gasteiger partial charge in [0.05, 0.1) is 17.0 Å². The molecule has 1 fully saturated rings. The zero-order valence-corrected chi connectivity index (χ0v) is 21.1. The zero-order chi connectivity index (χ0) is 26.1. The number of hydrogen-bond donors (Lipinski definition) is 2. The van der Waals surface area contributed by atoms with Crippen molar-refractivity contribution in [2.45, 2.75) is 31.6 Å².